The monoisotopic (exact) mass is 1890 g/mol. The first-order valence-corrected chi connectivity index (χ1v) is 45.9. The summed E-state index contributed by atoms with van der Waals surface area (Å²) < 4.78 is 145. The normalized spacial score (nSPS) is 17.3. The number of nitrogens with zero attached hydrogens (tertiary/aromatic N) is 1. The molecule has 0 bridgehead atoms. The van der Waals surface area contributed by atoms with Crippen LogP contribution in [-0.4, -0.2) is 93.5 Å². The van der Waals surface area contributed by atoms with E-state index in [4.69, 9.17) is 56.7 Å². The quantitative estimate of drug-likeness (QED) is 0.0205. The molecule has 0 aliphatic heterocycles. The maximum absolute atomic E-state index is 13.4. The molecule has 0 aromatic heterocycles. The molecule has 0 saturated heterocycles. The Morgan fingerprint density at radius 2 is 0.485 bits per heavy atom. The van der Waals surface area contributed by atoms with Gasteiger partial charge in [0.25, 0.3) is 0 Å². The van der Waals surface area contributed by atoms with E-state index in [1.165, 1.54) is 136 Å². The minimum absolute atomic E-state index is 0. The van der Waals surface area contributed by atoms with Gasteiger partial charge in [-0.25, -0.2) is 51.3 Å². The number of aliphatic hydroxyl groups is 2. The summed E-state index contributed by atoms with van der Waals surface area (Å²) in [4.78, 5) is 25.7. The molecule has 0 spiro atoms. The van der Waals surface area contributed by atoms with Crippen molar-refractivity contribution in [3.05, 3.63) is 325 Å². The molecule has 0 heterocycles. The minimum atomic E-state index is -1.06. The van der Waals surface area contributed by atoms with Crippen molar-refractivity contribution in [2.75, 3.05) is 53.7 Å². The van der Waals surface area contributed by atoms with Crippen LogP contribution in [0, 0.1) is 94.5 Å². The van der Waals surface area contributed by atoms with Gasteiger partial charge >= 0.3 is 12.3 Å². The third-order valence-corrected chi connectivity index (χ3v) is 23.8. The van der Waals surface area contributed by atoms with Crippen molar-refractivity contribution >= 4 is 24.7 Å². The predicted molar refractivity (Wildman–Crippen MR) is 527 cm³/mol. The highest BCUT2D eigenvalue weighted by atomic mass is 35.5. The Bertz CT molecular complexity index is 5060. The van der Waals surface area contributed by atoms with Gasteiger partial charge in [0, 0.05) is 33.0 Å². The van der Waals surface area contributed by atoms with Gasteiger partial charge in [0.1, 0.15) is 80.7 Å². The summed E-state index contributed by atoms with van der Waals surface area (Å²) in [5.41, 5.74) is 24.9. The zero-order valence-electron chi connectivity index (χ0n) is 78.6. The molecular weight excluding hydrogens is 1760 g/mol. The lowest BCUT2D eigenvalue weighted by atomic mass is 9.98. The Kier molecular flexibility index (Phi) is 42.0. The van der Waals surface area contributed by atoms with Crippen molar-refractivity contribution in [2.24, 2.45) is 52.9 Å². The second kappa shape index (κ2) is 53.2. The smallest absolute Gasteiger partial charge is 0.493 e. The molecule has 12 aromatic rings. The van der Waals surface area contributed by atoms with Crippen LogP contribution in [0.5, 0.6) is 23.0 Å². The Balaban J connectivity index is 0.000000191. The number of aliphatic hydroxyl groups excluding tert-OH is 2. The molecule has 14 nitrogen and oxygen atoms in total. The number of carbonyl (C=O) groups excluding carboxylic acids is 2. The van der Waals surface area contributed by atoms with Crippen LogP contribution in [-0.2, 0) is 14.2 Å². The molecule has 0 radical (unpaired) electrons. The topological polar surface area (TPSA) is 196 Å². The van der Waals surface area contributed by atoms with Crippen molar-refractivity contribution in [3.8, 4) is 112 Å². The summed E-state index contributed by atoms with van der Waals surface area (Å²) >= 11 is 0. The Hall–Kier alpha value is -12.4. The van der Waals surface area contributed by atoms with Crippen LogP contribution in [0.25, 0.3) is 93.9 Å². The van der Waals surface area contributed by atoms with E-state index < -0.39 is 23.5 Å². The molecule has 0 amide bonds. The molecule has 16 rings (SSSR count). The molecule has 23 heteroatoms. The van der Waals surface area contributed by atoms with Crippen LogP contribution in [0.1, 0.15) is 132 Å². The molecule has 4 aliphatic rings. The first-order chi connectivity index (χ1) is 64.9. The van der Waals surface area contributed by atoms with Crippen molar-refractivity contribution in [1.29, 1.82) is 0 Å². The second-order valence-corrected chi connectivity index (χ2v) is 36.3. The number of rotatable bonds is 23. The van der Waals surface area contributed by atoms with Gasteiger partial charge in [0.15, 0.2) is 0 Å². The number of halogens is 9. The van der Waals surface area contributed by atoms with Crippen LogP contribution >= 0.6 is 12.4 Å². The maximum atomic E-state index is 13.4. The zero-order valence-corrected chi connectivity index (χ0v) is 79.4. The molecule has 136 heavy (non-hydrogen) atoms. The predicted octanol–water partition coefficient (Wildman–Crippen LogP) is 28.9. The minimum Gasteiger partial charge on any atom is -0.493 e. The highest BCUT2D eigenvalue weighted by Crippen LogP contribution is 2.42. The fourth-order valence-electron chi connectivity index (χ4n) is 16.8. The molecular formula is C113H124ClF8N3O11. The van der Waals surface area contributed by atoms with Crippen LogP contribution in [0.2, 0.25) is 0 Å². The van der Waals surface area contributed by atoms with Gasteiger partial charge in [-0.05, 0) is 407 Å². The average Bonchev–Trinajstić information content (AvgIpc) is 1.00. The summed E-state index contributed by atoms with van der Waals surface area (Å²) in [6, 6.07) is 75.3. The highest BCUT2D eigenvalue weighted by Gasteiger charge is 2.31. The maximum Gasteiger partial charge on any atom is 0.519 e. The van der Waals surface area contributed by atoms with E-state index in [1.807, 2.05) is 72.8 Å². The van der Waals surface area contributed by atoms with Gasteiger partial charge < -0.3 is 59.7 Å². The molecule has 12 aromatic carbocycles. The summed E-state index contributed by atoms with van der Waals surface area (Å²) in [6.45, 7) is 23.6. The van der Waals surface area contributed by atoms with Gasteiger partial charge in [-0.3, -0.25) is 0 Å². The number of benzene rings is 12. The van der Waals surface area contributed by atoms with E-state index in [2.05, 4.69) is 16.5 Å². The van der Waals surface area contributed by atoms with Crippen molar-refractivity contribution in [3.63, 3.8) is 0 Å². The molecule has 4 aliphatic carbocycles. The SMILES string of the molecule is CC(C)(C)OC(=O)OC(=O)OC(C)(C)C.CC[C@@H]1CC[C@H](COc2cc(-c3ccc(F)cc3)cc(-c3ccc(F)cc3)c2)C1.CO.CO.Cl.NC[C@@H]1CC[C@H](COc2cc(-c3ccc(F)cc3)cc(-c3ccc(F)cc3)c2)C1.NC[C@@H]1CC[C@H](COc2cc(-c3ccc(F)cc3)cc(-c3ccc(F)cc3)c2)C1.[C-]#[N+][C@@H]1CC[C@H](COc2cc(-c3ccc(F)cc3)cc(-c3ccc(F)cc3)c2)C1. The zero-order chi connectivity index (χ0) is 97.1. The Morgan fingerprint density at radius 1 is 0.301 bits per heavy atom. The van der Waals surface area contributed by atoms with Crippen LogP contribution < -0.4 is 30.4 Å². The summed E-state index contributed by atoms with van der Waals surface area (Å²) in [7, 11) is 2.00. The first-order valence-electron chi connectivity index (χ1n) is 45.9. The lowest BCUT2D eigenvalue weighted by Crippen LogP contribution is -2.29. The summed E-state index contributed by atoms with van der Waals surface area (Å²) in [5, 5.41) is 14.0. The van der Waals surface area contributed by atoms with Gasteiger partial charge in [-0.1, -0.05) is 117 Å². The van der Waals surface area contributed by atoms with Crippen molar-refractivity contribution < 1.29 is 88.1 Å². The van der Waals surface area contributed by atoms with Gasteiger partial charge in [-0.15, -0.1) is 12.4 Å². The molecule has 720 valence electrons. The van der Waals surface area contributed by atoms with Crippen LogP contribution in [0.4, 0.5) is 44.7 Å². The summed E-state index contributed by atoms with van der Waals surface area (Å²) in [5.74, 6) is 4.95. The first kappa shape index (κ1) is 107. The standard InChI is InChI=1S/C26H26F2O.C25H21F2NO.2C25H25F2NO.C10H18O5.2CH4O.ClH/c1-2-18-3-4-19(13-18)17-29-26-15-22(20-5-9-24(27)10-6-20)14-23(16-26)21-7-11-25(28)12-8-21;1-28-24-11-2-17(12-24)16-29-25-14-20(18-3-7-22(26)8-4-18)13-21(15-25)19-5-9-23(27)10-6-19;2*26-23-7-3-19(4-8-23)21-12-22(20-5-9-24(27)10-6-20)14-25(13-21)29-16-18-2-1-17(11-18)15-28;1-9(2,3)14-7(11)13-8(12)15-10(4,5)6;2*1-2;/h5-12,14-16,18-19H,2-4,13,17H2,1H3;3-10,13-15,17,24H,2,11-12,16H2;2*3-10,12-14,17-18H,1-2,11,15-16,28H2;1-6H3;2*2H,1H3;1H/t18-,19+;17-,24+;2*17-,18+;;;;/m1011..../s1. The van der Waals surface area contributed by atoms with E-state index in [0.29, 0.717) is 61.9 Å². The number of hydrogen-bond donors (Lipinski definition) is 4. The summed E-state index contributed by atoms with van der Waals surface area (Å²) in [6.07, 6.45) is 12.5. The fourth-order valence-corrected chi connectivity index (χ4v) is 16.8. The lowest BCUT2D eigenvalue weighted by Gasteiger charge is -2.20. The molecule has 8 atom stereocenters. The molecule has 4 saturated carbocycles. The third-order valence-electron chi connectivity index (χ3n) is 23.8. The molecule has 4 fully saturated rings. The van der Waals surface area contributed by atoms with Gasteiger partial charge in [-0.2, -0.15) is 0 Å². The van der Waals surface area contributed by atoms with E-state index in [0.717, 1.165) is 190 Å². The number of carbonyl (C=O) groups is 2. The highest BCUT2D eigenvalue weighted by molar-refractivity contribution is 5.85. The number of hydrogen-bond acceptors (Lipinski definition) is 13. The number of ether oxygens (including phenoxy) is 7. The van der Waals surface area contributed by atoms with Crippen LogP contribution in [0.15, 0.2) is 267 Å². The largest absolute Gasteiger partial charge is 0.519 e. The van der Waals surface area contributed by atoms with E-state index >= 15 is 0 Å². The van der Waals surface area contributed by atoms with Gasteiger partial charge in [0.05, 0.1) is 26.4 Å². The molecule has 0 unspecified atom stereocenters. The van der Waals surface area contributed by atoms with Crippen LogP contribution in [0.3, 0.4) is 0 Å². The second-order valence-electron chi connectivity index (χ2n) is 36.3. The average molecular weight is 1890 g/mol. The van der Waals surface area contributed by atoms with E-state index in [1.54, 1.807) is 139 Å². The van der Waals surface area contributed by atoms with Crippen molar-refractivity contribution in [1.82, 2.24) is 0 Å². The number of nitrogens with two attached hydrogens (primary N) is 2. The lowest BCUT2D eigenvalue weighted by molar-refractivity contribution is -0.0294. The van der Waals surface area contributed by atoms with E-state index in [9.17, 15) is 44.7 Å². The Labute approximate surface area is 800 Å². The Morgan fingerprint density at radius 3 is 0.654 bits per heavy atom. The van der Waals surface area contributed by atoms with Crippen molar-refractivity contribution in [2.45, 2.75) is 149 Å². The van der Waals surface area contributed by atoms with E-state index in [-0.39, 0.29) is 65.0 Å². The molecule has 6 N–H and O–H groups in total. The van der Waals surface area contributed by atoms with Gasteiger partial charge in [0.2, 0.25) is 6.04 Å². The fraction of sp³-hybridized carbons (Fsp3) is 0.336. The third kappa shape index (κ3) is 34.8.